The van der Waals surface area contributed by atoms with Crippen LogP contribution in [-0.2, 0) is 22.5 Å². The van der Waals surface area contributed by atoms with Crippen molar-refractivity contribution in [2.24, 2.45) is 0 Å². The Morgan fingerprint density at radius 2 is 2.14 bits per heavy atom. The first-order valence-electron chi connectivity index (χ1n) is 9.07. The minimum atomic E-state index is -0.197. The molecule has 1 aromatic heterocycles. The van der Waals surface area contributed by atoms with Crippen molar-refractivity contribution in [3.63, 3.8) is 0 Å². The van der Waals surface area contributed by atoms with E-state index in [2.05, 4.69) is 31.2 Å². The fourth-order valence-corrected chi connectivity index (χ4v) is 3.74. The molecule has 1 aromatic carbocycles. The summed E-state index contributed by atoms with van der Waals surface area (Å²) in [6, 6.07) is 5.52. The number of aryl methyl sites for hydroxylation is 1. The highest BCUT2D eigenvalue weighted by molar-refractivity contribution is 9.10. The van der Waals surface area contributed by atoms with Crippen LogP contribution in [0.4, 0.5) is 5.95 Å². The van der Waals surface area contributed by atoms with Crippen LogP contribution in [-0.4, -0.2) is 42.2 Å². The van der Waals surface area contributed by atoms with Gasteiger partial charge in [0.25, 0.3) is 5.56 Å². The molecule has 2 N–H and O–H groups in total. The Balaban J connectivity index is 1.57. The number of H-pyrrole nitrogens is 1. The number of hydrogen-bond acceptors (Lipinski definition) is 5. The number of ether oxygens (including phenoxy) is 1. The fourth-order valence-electron chi connectivity index (χ4n) is 3.00. The van der Waals surface area contributed by atoms with Crippen molar-refractivity contribution < 1.29 is 9.53 Å². The molecule has 0 bridgehead atoms. The smallest absolute Gasteiger partial charge is 0.255 e. The summed E-state index contributed by atoms with van der Waals surface area (Å²) in [7, 11) is 0. The zero-order chi connectivity index (χ0) is 20.1. The minimum Gasteiger partial charge on any atom is -0.378 e. The third-order valence-corrected chi connectivity index (χ3v) is 5.46. The zero-order valence-corrected chi connectivity index (χ0v) is 17.9. The molecule has 3 rings (SSSR count). The summed E-state index contributed by atoms with van der Waals surface area (Å²) in [6.07, 6.45) is 0.536. The molecule has 0 radical (unpaired) electrons. The third-order valence-electron chi connectivity index (χ3n) is 4.61. The first-order valence-corrected chi connectivity index (χ1v) is 10.2. The van der Waals surface area contributed by atoms with Crippen molar-refractivity contribution in [1.82, 2.24) is 15.3 Å². The summed E-state index contributed by atoms with van der Waals surface area (Å²) in [5.41, 5.74) is 1.82. The molecular weight excluding hydrogens is 448 g/mol. The lowest BCUT2D eigenvalue weighted by Gasteiger charge is -2.27. The number of morpholine rings is 1. The van der Waals surface area contributed by atoms with Gasteiger partial charge in [0.1, 0.15) is 0 Å². The van der Waals surface area contributed by atoms with Gasteiger partial charge in [-0.1, -0.05) is 33.6 Å². The number of nitrogens with zero attached hydrogens (tertiary/aromatic N) is 2. The van der Waals surface area contributed by atoms with Crippen LogP contribution in [0.5, 0.6) is 0 Å². The molecule has 0 saturated carbocycles. The van der Waals surface area contributed by atoms with E-state index in [1.807, 2.05) is 17.0 Å². The van der Waals surface area contributed by atoms with Crippen LogP contribution in [0, 0.1) is 6.92 Å². The minimum absolute atomic E-state index is 0.143. The molecule has 0 atom stereocenters. The monoisotopic (exact) mass is 468 g/mol. The van der Waals surface area contributed by atoms with Crippen molar-refractivity contribution in [2.75, 3.05) is 31.2 Å². The second kappa shape index (κ2) is 9.54. The van der Waals surface area contributed by atoms with E-state index in [-0.39, 0.29) is 17.9 Å². The summed E-state index contributed by atoms with van der Waals surface area (Å²) < 4.78 is 6.21. The van der Waals surface area contributed by atoms with Crippen molar-refractivity contribution in [2.45, 2.75) is 26.3 Å². The lowest BCUT2D eigenvalue weighted by molar-refractivity contribution is -0.121. The maximum absolute atomic E-state index is 12.5. The van der Waals surface area contributed by atoms with E-state index in [1.165, 1.54) is 0 Å². The number of aromatic nitrogens is 2. The van der Waals surface area contributed by atoms with Crippen molar-refractivity contribution in [3.8, 4) is 0 Å². The summed E-state index contributed by atoms with van der Waals surface area (Å²) >= 11 is 9.51. The van der Waals surface area contributed by atoms with Crippen LogP contribution >= 0.6 is 27.5 Å². The van der Waals surface area contributed by atoms with E-state index in [0.29, 0.717) is 61.5 Å². The highest BCUT2D eigenvalue weighted by Gasteiger charge is 2.16. The quantitative estimate of drug-likeness (QED) is 0.679. The Morgan fingerprint density at radius 1 is 1.39 bits per heavy atom. The summed E-state index contributed by atoms with van der Waals surface area (Å²) in [5, 5.41) is 3.43. The lowest BCUT2D eigenvalue weighted by atomic mass is 10.1. The molecule has 0 spiro atoms. The number of carbonyl (C=O) groups is 1. The molecule has 0 aliphatic carbocycles. The van der Waals surface area contributed by atoms with Gasteiger partial charge in [-0.15, -0.1) is 0 Å². The molecular formula is C19H22BrClN4O3. The number of halogens is 2. The first-order chi connectivity index (χ1) is 13.4. The van der Waals surface area contributed by atoms with Crippen molar-refractivity contribution in [3.05, 3.63) is 54.9 Å². The van der Waals surface area contributed by atoms with Gasteiger partial charge in [-0.2, -0.15) is 0 Å². The van der Waals surface area contributed by atoms with Crippen LogP contribution in [0.1, 0.15) is 23.2 Å². The van der Waals surface area contributed by atoms with Crippen LogP contribution in [0.15, 0.2) is 27.5 Å². The van der Waals surface area contributed by atoms with Gasteiger partial charge in [0.05, 0.1) is 13.2 Å². The third kappa shape index (κ3) is 5.33. The van der Waals surface area contributed by atoms with Crippen LogP contribution in [0.25, 0.3) is 0 Å². The van der Waals surface area contributed by atoms with E-state index < -0.39 is 0 Å². The van der Waals surface area contributed by atoms with Crippen LogP contribution in [0.2, 0.25) is 5.02 Å². The molecule has 150 valence electrons. The molecule has 2 heterocycles. The Bertz CT molecular complexity index is 913. The molecule has 0 unspecified atom stereocenters. The van der Waals surface area contributed by atoms with E-state index >= 15 is 0 Å². The molecule has 1 aliphatic rings. The van der Waals surface area contributed by atoms with Gasteiger partial charge < -0.3 is 15.0 Å². The predicted octanol–water partition coefficient (Wildman–Crippen LogP) is 2.58. The second-order valence-electron chi connectivity index (χ2n) is 6.57. The number of rotatable bonds is 6. The standard InChI is InChI=1S/C19H22BrClN4O3/c1-12-15(18(27)24-19(23-12)25-6-8-28-9-7-25)4-5-17(26)22-11-13-2-3-14(20)10-16(13)21/h2-3,10H,4-9,11H2,1H3,(H,22,26)(H,23,24,27). The predicted molar refractivity (Wildman–Crippen MR) is 112 cm³/mol. The van der Waals surface area contributed by atoms with Gasteiger partial charge in [-0.05, 0) is 31.0 Å². The first kappa shape index (κ1) is 20.8. The normalized spacial score (nSPS) is 14.2. The number of nitrogens with one attached hydrogen (secondary N) is 2. The maximum atomic E-state index is 12.5. The average molecular weight is 470 g/mol. The molecule has 28 heavy (non-hydrogen) atoms. The van der Waals surface area contributed by atoms with Gasteiger partial charge in [-0.3, -0.25) is 14.6 Å². The topological polar surface area (TPSA) is 87.3 Å². The molecule has 1 saturated heterocycles. The molecule has 9 heteroatoms. The van der Waals surface area contributed by atoms with E-state index in [0.717, 1.165) is 10.0 Å². The van der Waals surface area contributed by atoms with E-state index in [9.17, 15) is 9.59 Å². The zero-order valence-electron chi connectivity index (χ0n) is 15.6. The van der Waals surface area contributed by atoms with Crippen molar-refractivity contribution >= 4 is 39.4 Å². The van der Waals surface area contributed by atoms with Gasteiger partial charge in [0, 0.05) is 46.8 Å². The summed E-state index contributed by atoms with van der Waals surface area (Å²) in [5.74, 6) is 0.416. The maximum Gasteiger partial charge on any atom is 0.255 e. The molecule has 1 fully saturated rings. The summed E-state index contributed by atoms with van der Waals surface area (Å²) in [6.45, 7) is 4.77. The molecule has 1 amide bonds. The highest BCUT2D eigenvalue weighted by Crippen LogP contribution is 2.21. The largest absolute Gasteiger partial charge is 0.378 e. The number of aromatic amines is 1. The Kier molecular flexibility index (Phi) is 7.09. The number of anilines is 1. The van der Waals surface area contributed by atoms with Gasteiger partial charge in [0.15, 0.2) is 0 Å². The Hall–Kier alpha value is -1.90. The van der Waals surface area contributed by atoms with Crippen LogP contribution in [0.3, 0.4) is 0 Å². The van der Waals surface area contributed by atoms with E-state index in [4.69, 9.17) is 16.3 Å². The Morgan fingerprint density at radius 3 is 2.82 bits per heavy atom. The molecule has 1 aliphatic heterocycles. The molecule has 7 nitrogen and oxygen atoms in total. The summed E-state index contributed by atoms with van der Waals surface area (Å²) in [4.78, 5) is 34.0. The number of amides is 1. The van der Waals surface area contributed by atoms with Gasteiger partial charge >= 0.3 is 0 Å². The fraction of sp³-hybridized carbons (Fsp3) is 0.421. The Labute approximate surface area is 176 Å². The molecule has 2 aromatic rings. The van der Waals surface area contributed by atoms with Crippen LogP contribution < -0.4 is 15.8 Å². The number of carbonyl (C=O) groups excluding carboxylic acids is 1. The van der Waals surface area contributed by atoms with Gasteiger partial charge in [-0.25, -0.2) is 4.98 Å². The van der Waals surface area contributed by atoms with Crippen molar-refractivity contribution in [1.29, 1.82) is 0 Å². The van der Waals surface area contributed by atoms with Gasteiger partial charge in [0.2, 0.25) is 11.9 Å². The van der Waals surface area contributed by atoms with E-state index in [1.54, 1.807) is 13.0 Å². The average Bonchev–Trinajstić information content (AvgIpc) is 2.67. The second-order valence-corrected chi connectivity index (χ2v) is 7.89. The highest BCUT2D eigenvalue weighted by atomic mass is 79.9. The SMILES string of the molecule is Cc1nc(N2CCOCC2)[nH]c(=O)c1CCC(=O)NCc1ccc(Br)cc1Cl. The number of benzene rings is 1. The number of hydrogen-bond donors (Lipinski definition) is 2. The lowest BCUT2D eigenvalue weighted by Crippen LogP contribution is -2.38.